The third kappa shape index (κ3) is 3.12. The maximum absolute atomic E-state index is 3.88. The summed E-state index contributed by atoms with van der Waals surface area (Å²) in [6.07, 6.45) is 1.91. The molecule has 0 N–H and O–H groups in total. The van der Waals surface area contributed by atoms with Crippen LogP contribution in [0.4, 0.5) is 0 Å². The zero-order valence-corrected chi connectivity index (χ0v) is 12.7. The highest BCUT2D eigenvalue weighted by molar-refractivity contribution is 7.79. The molecule has 0 radical (unpaired) electrons. The number of hydrogen-bond acceptors (Lipinski definition) is 0. The SMILES string of the molecule is C=Cc1cccc(P(c2ccccc2)c2ccccc2)c1. The van der Waals surface area contributed by atoms with Gasteiger partial charge in [-0.1, -0.05) is 91.5 Å². The van der Waals surface area contributed by atoms with E-state index in [0.717, 1.165) is 0 Å². The van der Waals surface area contributed by atoms with Crippen molar-refractivity contribution < 1.29 is 0 Å². The van der Waals surface area contributed by atoms with E-state index < -0.39 is 7.92 Å². The Labute approximate surface area is 127 Å². The lowest BCUT2D eigenvalue weighted by Crippen LogP contribution is -2.20. The molecule has 0 heterocycles. The summed E-state index contributed by atoms with van der Waals surface area (Å²) < 4.78 is 0. The van der Waals surface area contributed by atoms with E-state index in [0.29, 0.717) is 0 Å². The molecular weight excluding hydrogens is 271 g/mol. The average molecular weight is 288 g/mol. The molecule has 0 saturated heterocycles. The lowest BCUT2D eigenvalue weighted by molar-refractivity contribution is 1.70. The smallest absolute Gasteiger partial charge is 0.0134 e. The fourth-order valence-corrected chi connectivity index (χ4v) is 4.74. The summed E-state index contributed by atoms with van der Waals surface area (Å²) in [6.45, 7) is 3.88. The Hall–Kier alpha value is -2.17. The summed E-state index contributed by atoms with van der Waals surface area (Å²) in [6, 6.07) is 30.2. The second-order valence-corrected chi connectivity index (χ2v) is 7.03. The molecule has 0 atom stereocenters. The number of rotatable bonds is 4. The molecule has 0 bridgehead atoms. The van der Waals surface area contributed by atoms with Crippen LogP contribution in [0.3, 0.4) is 0 Å². The lowest BCUT2D eigenvalue weighted by Gasteiger charge is -2.19. The van der Waals surface area contributed by atoms with Gasteiger partial charge in [0.2, 0.25) is 0 Å². The lowest BCUT2D eigenvalue weighted by atomic mass is 10.2. The molecule has 0 spiro atoms. The van der Waals surface area contributed by atoms with Crippen molar-refractivity contribution in [2.45, 2.75) is 0 Å². The van der Waals surface area contributed by atoms with Crippen LogP contribution in [0, 0.1) is 0 Å². The molecule has 21 heavy (non-hydrogen) atoms. The van der Waals surface area contributed by atoms with Gasteiger partial charge in [-0.2, -0.15) is 0 Å². The van der Waals surface area contributed by atoms with Gasteiger partial charge in [0.25, 0.3) is 0 Å². The Kier molecular flexibility index (Phi) is 4.28. The Bertz CT molecular complexity index is 678. The minimum absolute atomic E-state index is 0.516. The van der Waals surface area contributed by atoms with E-state index in [9.17, 15) is 0 Å². The van der Waals surface area contributed by atoms with E-state index in [1.807, 2.05) is 6.08 Å². The number of benzene rings is 3. The van der Waals surface area contributed by atoms with Crippen molar-refractivity contribution in [3.05, 3.63) is 97.1 Å². The maximum Gasteiger partial charge on any atom is -0.0134 e. The third-order valence-corrected chi connectivity index (χ3v) is 5.82. The molecule has 0 aliphatic rings. The Balaban J connectivity index is 2.14. The molecule has 0 amide bonds. The number of hydrogen-bond donors (Lipinski definition) is 0. The van der Waals surface area contributed by atoms with Crippen LogP contribution in [0.25, 0.3) is 6.08 Å². The van der Waals surface area contributed by atoms with E-state index in [4.69, 9.17) is 0 Å². The Morgan fingerprint density at radius 3 is 1.67 bits per heavy atom. The Morgan fingerprint density at radius 2 is 1.14 bits per heavy atom. The van der Waals surface area contributed by atoms with Gasteiger partial charge in [0.1, 0.15) is 0 Å². The van der Waals surface area contributed by atoms with Gasteiger partial charge in [-0.05, 0) is 35.5 Å². The maximum atomic E-state index is 3.88. The first-order valence-corrected chi connectivity index (χ1v) is 8.35. The molecule has 3 aromatic carbocycles. The first kappa shape index (κ1) is 13.8. The first-order chi connectivity index (χ1) is 10.4. The van der Waals surface area contributed by atoms with Crippen molar-refractivity contribution in [1.82, 2.24) is 0 Å². The molecule has 0 unspecified atom stereocenters. The van der Waals surface area contributed by atoms with Gasteiger partial charge in [-0.25, -0.2) is 0 Å². The van der Waals surface area contributed by atoms with Gasteiger partial charge in [-0.3, -0.25) is 0 Å². The molecule has 1 heteroatoms. The zero-order valence-electron chi connectivity index (χ0n) is 11.8. The van der Waals surface area contributed by atoms with Gasteiger partial charge in [0.05, 0.1) is 0 Å². The monoisotopic (exact) mass is 288 g/mol. The normalized spacial score (nSPS) is 10.5. The topological polar surface area (TPSA) is 0 Å². The minimum atomic E-state index is -0.516. The molecule has 0 nitrogen and oxygen atoms in total. The largest absolute Gasteiger partial charge is 0.0985 e. The van der Waals surface area contributed by atoms with Gasteiger partial charge in [0.15, 0.2) is 0 Å². The van der Waals surface area contributed by atoms with Gasteiger partial charge >= 0.3 is 0 Å². The van der Waals surface area contributed by atoms with Gasteiger partial charge in [0, 0.05) is 0 Å². The van der Waals surface area contributed by atoms with Crippen molar-refractivity contribution in [3.8, 4) is 0 Å². The van der Waals surface area contributed by atoms with Crippen molar-refractivity contribution in [2.24, 2.45) is 0 Å². The third-order valence-electron chi connectivity index (χ3n) is 3.39. The summed E-state index contributed by atoms with van der Waals surface area (Å²) in [5.74, 6) is 0. The summed E-state index contributed by atoms with van der Waals surface area (Å²) in [7, 11) is -0.516. The second-order valence-electron chi connectivity index (χ2n) is 4.81. The average Bonchev–Trinajstić information content (AvgIpc) is 2.57. The fraction of sp³-hybridized carbons (Fsp3) is 0. The molecule has 3 aromatic rings. The molecule has 0 saturated carbocycles. The Morgan fingerprint density at radius 1 is 0.619 bits per heavy atom. The van der Waals surface area contributed by atoms with Crippen LogP contribution in [-0.2, 0) is 0 Å². The van der Waals surface area contributed by atoms with Crippen LogP contribution < -0.4 is 15.9 Å². The van der Waals surface area contributed by atoms with E-state index in [2.05, 4.69) is 91.5 Å². The predicted octanol–water partition coefficient (Wildman–Crippen LogP) is 4.09. The van der Waals surface area contributed by atoms with Crippen LogP contribution in [0.1, 0.15) is 5.56 Å². The van der Waals surface area contributed by atoms with Gasteiger partial charge in [-0.15, -0.1) is 0 Å². The molecule has 0 fully saturated rings. The molecular formula is C20H17P. The van der Waals surface area contributed by atoms with E-state index >= 15 is 0 Å². The summed E-state index contributed by atoms with van der Waals surface area (Å²) in [5.41, 5.74) is 1.17. The fourth-order valence-electron chi connectivity index (χ4n) is 2.39. The first-order valence-electron chi connectivity index (χ1n) is 7.01. The van der Waals surface area contributed by atoms with Crippen molar-refractivity contribution >= 4 is 29.9 Å². The summed E-state index contributed by atoms with van der Waals surface area (Å²) in [5, 5.41) is 4.11. The van der Waals surface area contributed by atoms with Crippen LogP contribution in [0.5, 0.6) is 0 Å². The molecule has 0 aliphatic heterocycles. The molecule has 0 aromatic heterocycles. The van der Waals surface area contributed by atoms with E-state index in [-0.39, 0.29) is 0 Å². The highest BCUT2D eigenvalue weighted by Crippen LogP contribution is 2.32. The van der Waals surface area contributed by atoms with Crippen LogP contribution in [0.15, 0.2) is 91.5 Å². The quantitative estimate of drug-likeness (QED) is 0.634. The van der Waals surface area contributed by atoms with E-state index in [1.54, 1.807) is 0 Å². The summed E-state index contributed by atoms with van der Waals surface area (Å²) in [4.78, 5) is 0. The highest BCUT2D eigenvalue weighted by Gasteiger charge is 2.15. The second kappa shape index (κ2) is 6.52. The predicted molar refractivity (Wildman–Crippen MR) is 95.2 cm³/mol. The van der Waals surface area contributed by atoms with E-state index in [1.165, 1.54) is 21.5 Å². The minimum Gasteiger partial charge on any atom is -0.0985 e. The van der Waals surface area contributed by atoms with Crippen LogP contribution in [0.2, 0.25) is 0 Å². The van der Waals surface area contributed by atoms with Crippen LogP contribution >= 0.6 is 7.92 Å². The zero-order chi connectivity index (χ0) is 14.5. The summed E-state index contributed by atoms with van der Waals surface area (Å²) >= 11 is 0. The molecule has 0 aliphatic carbocycles. The van der Waals surface area contributed by atoms with Crippen molar-refractivity contribution in [3.63, 3.8) is 0 Å². The highest BCUT2D eigenvalue weighted by atomic mass is 31.1. The van der Waals surface area contributed by atoms with Crippen molar-refractivity contribution in [1.29, 1.82) is 0 Å². The van der Waals surface area contributed by atoms with Crippen LogP contribution in [-0.4, -0.2) is 0 Å². The molecule has 3 rings (SSSR count). The standard InChI is InChI=1S/C20H17P/c1-2-17-10-9-15-20(16-17)21(18-11-5-3-6-12-18)19-13-7-4-8-14-19/h2-16H,1H2. The van der Waals surface area contributed by atoms with Crippen molar-refractivity contribution in [2.75, 3.05) is 0 Å². The van der Waals surface area contributed by atoms with Gasteiger partial charge < -0.3 is 0 Å². The molecule has 102 valence electrons.